The molecule has 1 aliphatic heterocycles. The Hall–Kier alpha value is -2.94. The molecule has 1 aromatic carbocycles. The molecule has 0 aliphatic carbocycles. The maximum absolute atomic E-state index is 12.0. The van der Waals surface area contributed by atoms with E-state index in [2.05, 4.69) is 20.3 Å². The molecule has 1 aliphatic rings. The smallest absolute Gasteiger partial charge is 0.314 e. The number of nitrogens with two attached hydrogens (primary N) is 1. The van der Waals surface area contributed by atoms with Gasteiger partial charge in [-0.25, -0.2) is 0 Å². The fourth-order valence-electron chi connectivity index (χ4n) is 3.37. The van der Waals surface area contributed by atoms with Crippen molar-refractivity contribution in [3.05, 3.63) is 30.1 Å². The summed E-state index contributed by atoms with van der Waals surface area (Å²) in [7, 11) is 1.62. The Morgan fingerprint density at radius 3 is 2.79 bits per heavy atom. The quantitative estimate of drug-likeness (QED) is 0.590. The van der Waals surface area contributed by atoms with Crippen LogP contribution in [0.25, 0.3) is 0 Å². The summed E-state index contributed by atoms with van der Waals surface area (Å²) in [6.07, 6.45) is 1.84. The number of quaternary nitrogens is 1. The number of rotatable bonds is 7. The van der Waals surface area contributed by atoms with Crippen molar-refractivity contribution < 1.29 is 19.2 Å². The molecule has 0 radical (unpaired) electrons. The van der Waals surface area contributed by atoms with Crippen molar-refractivity contribution in [2.45, 2.75) is 26.3 Å². The number of likely N-dealkylation sites (tertiary alicyclic amines) is 1. The number of benzene rings is 1. The zero-order chi connectivity index (χ0) is 19.9. The molecular formula is C19H27N6O3+. The second-order valence-electron chi connectivity index (χ2n) is 6.76. The SMILES string of the molecule is CCOC(=O)[C@@H]1CCC[NH+](Cc2nc(N)nc(Nc3ccc(OC)cc3)n2)C1. The van der Waals surface area contributed by atoms with Gasteiger partial charge in [0.1, 0.15) is 18.2 Å². The number of anilines is 3. The van der Waals surface area contributed by atoms with Crippen molar-refractivity contribution in [1.29, 1.82) is 0 Å². The normalized spacial score (nSPS) is 19.1. The van der Waals surface area contributed by atoms with Crippen LogP contribution in [0, 0.1) is 5.92 Å². The van der Waals surface area contributed by atoms with Crippen LogP contribution in [-0.4, -0.2) is 47.7 Å². The summed E-state index contributed by atoms with van der Waals surface area (Å²) in [5, 5.41) is 3.14. The van der Waals surface area contributed by atoms with Gasteiger partial charge in [0, 0.05) is 5.69 Å². The highest BCUT2D eigenvalue weighted by molar-refractivity contribution is 5.72. The Labute approximate surface area is 164 Å². The van der Waals surface area contributed by atoms with Crippen molar-refractivity contribution in [3.63, 3.8) is 0 Å². The average molecular weight is 387 g/mol. The van der Waals surface area contributed by atoms with Crippen LogP contribution in [0.1, 0.15) is 25.6 Å². The number of nitrogen functional groups attached to an aromatic ring is 1. The van der Waals surface area contributed by atoms with Gasteiger partial charge in [0.2, 0.25) is 11.9 Å². The highest BCUT2D eigenvalue weighted by Crippen LogP contribution is 2.18. The Balaban J connectivity index is 1.66. The van der Waals surface area contributed by atoms with E-state index in [9.17, 15) is 4.79 Å². The topological polar surface area (TPSA) is 117 Å². The minimum absolute atomic E-state index is 0.0696. The molecule has 1 saturated heterocycles. The van der Waals surface area contributed by atoms with Crippen LogP contribution in [0.2, 0.25) is 0 Å². The number of hydrogen-bond donors (Lipinski definition) is 3. The number of carbonyl (C=O) groups excluding carboxylic acids is 1. The lowest BCUT2D eigenvalue weighted by molar-refractivity contribution is -0.921. The molecule has 1 fully saturated rings. The van der Waals surface area contributed by atoms with Gasteiger partial charge in [-0.3, -0.25) is 4.79 Å². The molecule has 9 heteroatoms. The number of nitrogens with zero attached hydrogens (tertiary/aromatic N) is 3. The maximum atomic E-state index is 12.0. The van der Waals surface area contributed by atoms with Gasteiger partial charge in [-0.05, 0) is 44.0 Å². The van der Waals surface area contributed by atoms with E-state index in [-0.39, 0.29) is 17.8 Å². The fourth-order valence-corrected chi connectivity index (χ4v) is 3.37. The first-order valence-electron chi connectivity index (χ1n) is 9.49. The van der Waals surface area contributed by atoms with Crippen LogP contribution in [0.5, 0.6) is 5.75 Å². The Kier molecular flexibility index (Phi) is 6.59. The fraction of sp³-hybridized carbons (Fsp3) is 0.474. The number of carbonyl (C=O) groups is 1. The molecule has 2 atom stereocenters. The number of esters is 1. The highest BCUT2D eigenvalue weighted by Gasteiger charge is 2.30. The molecule has 9 nitrogen and oxygen atoms in total. The van der Waals surface area contributed by atoms with Crippen LogP contribution in [0.4, 0.5) is 17.6 Å². The van der Waals surface area contributed by atoms with Crippen molar-refractivity contribution in [3.8, 4) is 5.75 Å². The third kappa shape index (κ3) is 5.29. The second-order valence-corrected chi connectivity index (χ2v) is 6.76. The summed E-state index contributed by atoms with van der Waals surface area (Å²) < 4.78 is 10.3. The molecule has 2 heterocycles. The summed E-state index contributed by atoms with van der Waals surface area (Å²) in [5.74, 6) is 1.75. The third-order valence-electron chi connectivity index (χ3n) is 4.69. The second kappa shape index (κ2) is 9.32. The summed E-state index contributed by atoms with van der Waals surface area (Å²) in [6, 6.07) is 7.44. The molecule has 150 valence electrons. The lowest BCUT2D eigenvalue weighted by atomic mass is 9.98. The number of methoxy groups -OCH3 is 1. The number of nitrogens with one attached hydrogen (secondary N) is 2. The third-order valence-corrected chi connectivity index (χ3v) is 4.69. The van der Waals surface area contributed by atoms with Crippen LogP contribution in [0.3, 0.4) is 0 Å². The zero-order valence-electron chi connectivity index (χ0n) is 16.3. The maximum Gasteiger partial charge on any atom is 0.314 e. The van der Waals surface area contributed by atoms with Gasteiger partial charge >= 0.3 is 5.97 Å². The minimum atomic E-state index is -0.114. The van der Waals surface area contributed by atoms with E-state index in [1.54, 1.807) is 7.11 Å². The molecular weight excluding hydrogens is 360 g/mol. The molecule has 1 unspecified atom stereocenters. The van der Waals surface area contributed by atoms with Gasteiger partial charge < -0.3 is 25.4 Å². The molecule has 2 aromatic rings. The predicted octanol–water partition coefficient (Wildman–Crippen LogP) is 0.564. The van der Waals surface area contributed by atoms with Gasteiger partial charge in [0.15, 0.2) is 5.82 Å². The van der Waals surface area contributed by atoms with E-state index in [0.717, 1.165) is 30.8 Å². The van der Waals surface area contributed by atoms with Gasteiger partial charge in [0.05, 0.1) is 26.8 Å². The molecule has 0 amide bonds. The summed E-state index contributed by atoms with van der Waals surface area (Å²) in [6.45, 7) is 4.50. The molecule has 28 heavy (non-hydrogen) atoms. The zero-order valence-corrected chi connectivity index (χ0v) is 16.3. The summed E-state index contributed by atoms with van der Waals surface area (Å²) in [4.78, 5) is 26.2. The van der Waals surface area contributed by atoms with E-state index in [1.165, 1.54) is 4.90 Å². The number of hydrogen-bond acceptors (Lipinski definition) is 8. The van der Waals surface area contributed by atoms with Crippen molar-refractivity contribution in [1.82, 2.24) is 15.0 Å². The molecule has 3 rings (SSSR count). The predicted molar refractivity (Wildman–Crippen MR) is 104 cm³/mol. The monoisotopic (exact) mass is 387 g/mol. The van der Waals surface area contributed by atoms with Crippen LogP contribution < -0.4 is 20.7 Å². The first-order chi connectivity index (χ1) is 13.6. The standard InChI is InChI=1S/C19H26N6O3/c1-3-28-17(26)13-5-4-10-25(11-13)12-16-22-18(20)24-19(23-16)21-14-6-8-15(27-2)9-7-14/h6-9,13H,3-5,10-12H2,1-2H3,(H3,20,21,22,23,24)/p+1/t13-/m1/s1. The largest absolute Gasteiger partial charge is 0.497 e. The van der Waals surface area contributed by atoms with E-state index in [1.807, 2.05) is 31.2 Å². The Bertz CT molecular complexity index is 799. The first-order valence-corrected chi connectivity index (χ1v) is 9.49. The lowest BCUT2D eigenvalue weighted by Crippen LogP contribution is -3.12. The summed E-state index contributed by atoms with van der Waals surface area (Å²) in [5.41, 5.74) is 6.70. The number of aromatic nitrogens is 3. The Morgan fingerprint density at radius 2 is 2.07 bits per heavy atom. The van der Waals surface area contributed by atoms with E-state index in [4.69, 9.17) is 15.2 Å². The molecule has 0 bridgehead atoms. The lowest BCUT2D eigenvalue weighted by Gasteiger charge is -2.28. The summed E-state index contributed by atoms with van der Waals surface area (Å²) >= 11 is 0. The average Bonchev–Trinajstić information content (AvgIpc) is 2.68. The molecule has 0 spiro atoms. The van der Waals surface area contributed by atoms with E-state index in [0.29, 0.717) is 31.5 Å². The Morgan fingerprint density at radius 1 is 1.29 bits per heavy atom. The van der Waals surface area contributed by atoms with Gasteiger partial charge in [0.25, 0.3) is 0 Å². The molecule has 0 saturated carbocycles. The van der Waals surface area contributed by atoms with Gasteiger partial charge in [-0.2, -0.15) is 15.0 Å². The first kappa shape index (κ1) is 19.8. The van der Waals surface area contributed by atoms with Gasteiger partial charge in [-0.15, -0.1) is 0 Å². The molecule has 4 N–H and O–H groups in total. The van der Waals surface area contributed by atoms with Gasteiger partial charge in [-0.1, -0.05) is 0 Å². The van der Waals surface area contributed by atoms with Crippen molar-refractivity contribution in [2.75, 3.05) is 37.9 Å². The number of ether oxygens (including phenoxy) is 2. The minimum Gasteiger partial charge on any atom is -0.497 e. The van der Waals surface area contributed by atoms with Crippen LogP contribution in [0.15, 0.2) is 24.3 Å². The number of piperidine rings is 1. The van der Waals surface area contributed by atoms with E-state index < -0.39 is 0 Å². The van der Waals surface area contributed by atoms with Crippen molar-refractivity contribution >= 4 is 23.6 Å². The van der Waals surface area contributed by atoms with Crippen LogP contribution >= 0.6 is 0 Å². The van der Waals surface area contributed by atoms with Crippen molar-refractivity contribution in [2.24, 2.45) is 5.92 Å². The highest BCUT2D eigenvalue weighted by atomic mass is 16.5. The van der Waals surface area contributed by atoms with Crippen LogP contribution in [-0.2, 0) is 16.1 Å². The molecule has 1 aromatic heterocycles. The van der Waals surface area contributed by atoms with E-state index >= 15 is 0 Å².